The summed E-state index contributed by atoms with van der Waals surface area (Å²) in [7, 11) is 0. The summed E-state index contributed by atoms with van der Waals surface area (Å²) in [6.07, 6.45) is 6.77. The molecular weight excluding hydrogens is 280 g/mol. The lowest BCUT2D eigenvalue weighted by molar-refractivity contribution is -0.147. The van der Waals surface area contributed by atoms with E-state index in [0.717, 1.165) is 44.0 Å². The van der Waals surface area contributed by atoms with Crippen LogP contribution < -0.4 is 10.2 Å². The second-order valence-electron chi connectivity index (χ2n) is 6.06. The zero-order chi connectivity index (χ0) is 15.4. The standard InChI is InChI=1S/C16H24N4O2/c1-2-22-16(21)12-5-6-13(9-12)19-14-10-15(18-11-17-14)20-7-3-4-8-20/h10-13H,2-9H2,1H3,(H,17,18,19)/t12-,13+/m1/s1. The van der Waals surface area contributed by atoms with Crippen LogP contribution in [0.4, 0.5) is 11.6 Å². The van der Waals surface area contributed by atoms with Gasteiger partial charge in [-0.3, -0.25) is 4.79 Å². The molecule has 120 valence electrons. The lowest BCUT2D eigenvalue weighted by atomic mass is 10.1. The van der Waals surface area contributed by atoms with Crippen molar-refractivity contribution in [3.8, 4) is 0 Å². The van der Waals surface area contributed by atoms with Gasteiger partial charge in [-0.1, -0.05) is 0 Å². The van der Waals surface area contributed by atoms with E-state index in [1.165, 1.54) is 12.8 Å². The van der Waals surface area contributed by atoms with Crippen molar-refractivity contribution >= 4 is 17.6 Å². The largest absolute Gasteiger partial charge is 0.466 e. The number of nitrogens with one attached hydrogen (secondary N) is 1. The van der Waals surface area contributed by atoms with Crippen molar-refractivity contribution in [3.05, 3.63) is 12.4 Å². The van der Waals surface area contributed by atoms with Crippen molar-refractivity contribution in [2.75, 3.05) is 29.9 Å². The molecule has 1 aromatic heterocycles. The van der Waals surface area contributed by atoms with Crippen LogP contribution in [-0.2, 0) is 9.53 Å². The normalized spacial score (nSPS) is 24.5. The molecule has 0 bridgehead atoms. The van der Waals surface area contributed by atoms with Gasteiger partial charge < -0.3 is 15.0 Å². The van der Waals surface area contributed by atoms with Gasteiger partial charge in [0.25, 0.3) is 0 Å². The lowest BCUT2D eigenvalue weighted by Crippen LogP contribution is -2.22. The van der Waals surface area contributed by atoms with Crippen molar-refractivity contribution < 1.29 is 9.53 Å². The SMILES string of the molecule is CCOC(=O)[C@@H]1CC[C@H](Nc2cc(N3CCCC3)ncn2)C1. The van der Waals surface area contributed by atoms with Crippen LogP contribution in [0.3, 0.4) is 0 Å². The Balaban J connectivity index is 1.57. The van der Waals surface area contributed by atoms with Gasteiger partial charge in [0.15, 0.2) is 0 Å². The van der Waals surface area contributed by atoms with E-state index < -0.39 is 0 Å². The molecule has 0 radical (unpaired) electrons. The Kier molecular flexibility index (Phi) is 4.75. The van der Waals surface area contributed by atoms with Crippen LogP contribution in [0.15, 0.2) is 12.4 Å². The van der Waals surface area contributed by atoms with Crippen molar-refractivity contribution in [1.29, 1.82) is 0 Å². The maximum Gasteiger partial charge on any atom is 0.308 e. The van der Waals surface area contributed by atoms with E-state index in [0.29, 0.717) is 6.61 Å². The van der Waals surface area contributed by atoms with Crippen LogP contribution in [0.5, 0.6) is 0 Å². The molecule has 1 N–H and O–H groups in total. The van der Waals surface area contributed by atoms with Gasteiger partial charge in [0, 0.05) is 25.2 Å². The highest BCUT2D eigenvalue weighted by molar-refractivity contribution is 5.73. The summed E-state index contributed by atoms with van der Waals surface area (Å²) in [4.78, 5) is 22.8. The zero-order valence-electron chi connectivity index (χ0n) is 13.1. The molecule has 1 aromatic rings. The monoisotopic (exact) mass is 304 g/mol. The number of rotatable bonds is 5. The molecule has 2 fully saturated rings. The van der Waals surface area contributed by atoms with Crippen LogP contribution in [0.2, 0.25) is 0 Å². The van der Waals surface area contributed by atoms with Gasteiger partial charge in [0.05, 0.1) is 12.5 Å². The van der Waals surface area contributed by atoms with Crippen molar-refractivity contribution in [1.82, 2.24) is 9.97 Å². The van der Waals surface area contributed by atoms with Crippen LogP contribution >= 0.6 is 0 Å². The van der Waals surface area contributed by atoms with Crippen LogP contribution in [0.1, 0.15) is 39.0 Å². The molecule has 0 aromatic carbocycles. The molecule has 6 nitrogen and oxygen atoms in total. The highest BCUT2D eigenvalue weighted by Gasteiger charge is 2.31. The summed E-state index contributed by atoms with van der Waals surface area (Å²) < 4.78 is 5.11. The van der Waals surface area contributed by atoms with Gasteiger partial charge in [-0.2, -0.15) is 0 Å². The minimum absolute atomic E-state index is 0.0253. The minimum atomic E-state index is -0.0627. The Hall–Kier alpha value is -1.85. The molecule has 1 saturated heterocycles. The summed E-state index contributed by atoms with van der Waals surface area (Å²) in [5.74, 6) is 1.81. The van der Waals surface area contributed by atoms with Gasteiger partial charge in [-0.15, -0.1) is 0 Å². The fraction of sp³-hybridized carbons (Fsp3) is 0.688. The number of hydrogen-bond acceptors (Lipinski definition) is 6. The number of aromatic nitrogens is 2. The van der Waals surface area contributed by atoms with Gasteiger partial charge in [-0.25, -0.2) is 9.97 Å². The molecule has 1 saturated carbocycles. The van der Waals surface area contributed by atoms with Crippen molar-refractivity contribution in [2.45, 2.75) is 45.1 Å². The number of carbonyl (C=O) groups is 1. The first-order chi connectivity index (χ1) is 10.8. The summed E-state index contributed by atoms with van der Waals surface area (Å²) in [6, 6.07) is 2.30. The third-order valence-electron chi connectivity index (χ3n) is 4.49. The summed E-state index contributed by atoms with van der Waals surface area (Å²) in [6.45, 7) is 4.46. The maximum atomic E-state index is 11.8. The van der Waals surface area contributed by atoms with Gasteiger partial charge in [0.1, 0.15) is 18.0 Å². The third kappa shape index (κ3) is 3.48. The summed E-state index contributed by atoms with van der Waals surface area (Å²) >= 11 is 0. The quantitative estimate of drug-likeness (QED) is 0.841. The van der Waals surface area contributed by atoms with E-state index in [1.54, 1.807) is 6.33 Å². The zero-order valence-corrected chi connectivity index (χ0v) is 13.1. The van der Waals surface area contributed by atoms with Gasteiger partial charge >= 0.3 is 5.97 Å². The number of esters is 1. The first-order valence-corrected chi connectivity index (χ1v) is 8.26. The van der Waals surface area contributed by atoms with E-state index in [4.69, 9.17) is 4.74 Å². The van der Waals surface area contributed by atoms with Gasteiger partial charge in [0.2, 0.25) is 0 Å². The Bertz CT molecular complexity index is 517. The maximum absolute atomic E-state index is 11.8. The minimum Gasteiger partial charge on any atom is -0.466 e. The predicted octanol–water partition coefficient (Wildman–Crippen LogP) is 2.22. The number of nitrogens with zero attached hydrogens (tertiary/aromatic N) is 3. The fourth-order valence-corrected chi connectivity index (χ4v) is 3.34. The van der Waals surface area contributed by atoms with Crippen LogP contribution in [0.25, 0.3) is 0 Å². The third-order valence-corrected chi connectivity index (χ3v) is 4.49. The van der Waals surface area contributed by atoms with E-state index >= 15 is 0 Å². The average Bonchev–Trinajstić information content (AvgIpc) is 3.19. The van der Waals surface area contributed by atoms with Crippen LogP contribution in [-0.4, -0.2) is 41.7 Å². The molecule has 0 amide bonds. The number of carbonyl (C=O) groups excluding carboxylic acids is 1. The molecule has 6 heteroatoms. The molecule has 2 atom stereocenters. The Morgan fingerprint density at radius 2 is 2.18 bits per heavy atom. The van der Waals surface area contributed by atoms with E-state index in [9.17, 15) is 4.79 Å². The molecule has 22 heavy (non-hydrogen) atoms. The second kappa shape index (κ2) is 6.94. The predicted molar refractivity (Wildman–Crippen MR) is 84.9 cm³/mol. The Morgan fingerprint density at radius 3 is 2.95 bits per heavy atom. The smallest absolute Gasteiger partial charge is 0.308 e. The molecule has 2 aliphatic rings. The molecule has 0 spiro atoms. The Labute approximate surface area is 131 Å². The number of hydrogen-bond donors (Lipinski definition) is 1. The summed E-state index contributed by atoms with van der Waals surface area (Å²) in [5.41, 5.74) is 0. The lowest BCUT2D eigenvalue weighted by Gasteiger charge is -2.18. The molecule has 2 heterocycles. The molecule has 1 aliphatic heterocycles. The highest BCUT2D eigenvalue weighted by atomic mass is 16.5. The first kappa shape index (κ1) is 15.1. The van der Waals surface area contributed by atoms with Crippen molar-refractivity contribution in [3.63, 3.8) is 0 Å². The fourth-order valence-electron chi connectivity index (χ4n) is 3.34. The van der Waals surface area contributed by atoms with Crippen molar-refractivity contribution in [2.24, 2.45) is 5.92 Å². The first-order valence-electron chi connectivity index (χ1n) is 8.26. The number of anilines is 2. The van der Waals surface area contributed by atoms with E-state index in [-0.39, 0.29) is 17.9 Å². The highest BCUT2D eigenvalue weighted by Crippen LogP contribution is 2.29. The van der Waals surface area contributed by atoms with E-state index in [2.05, 4.69) is 20.2 Å². The summed E-state index contributed by atoms with van der Waals surface area (Å²) in [5, 5.41) is 3.45. The second-order valence-corrected chi connectivity index (χ2v) is 6.06. The van der Waals surface area contributed by atoms with Crippen LogP contribution in [0, 0.1) is 5.92 Å². The Morgan fingerprint density at radius 1 is 1.36 bits per heavy atom. The average molecular weight is 304 g/mol. The molecule has 1 aliphatic carbocycles. The molecular formula is C16H24N4O2. The number of ether oxygens (including phenoxy) is 1. The van der Waals surface area contributed by atoms with Gasteiger partial charge in [-0.05, 0) is 39.0 Å². The molecule has 3 rings (SSSR count). The molecule has 0 unspecified atom stereocenters. The topological polar surface area (TPSA) is 67.3 Å². The van der Waals surface area contributed by atoms with E-state index in [1.807, 2.05) is 13.0 Å².